The third kappa shape index (κ3) is 3.47. The Morgan fingerprint density at radius 3 is 2.68 bits per heavy atom. The SMILES string of the molecule is O=C(NC1CCCCC1)c1cc2ccsc2n1Cc1ccc(F)cc1. The van der Waals surface area contributed by atoms with Crippen LogP contribution < -0.4 is 5.32 Å². The summed E-state index contributed by atoms with van der Waals surface area (Å²) >= 11 is 1.63. The minimum Gasteiger partial charge on any atom is -0.348 e. The molecular weight excluding hydrogens is 335 g/mol. The third-order valence-corrected chi connectivity index (χ3v) is 5.88. The van der Waals surface area contributed by atoms with Gasteiger partial charge in [-0.05, 0) is 48.1 Å². The van der Waals surface area contributed by atoms with Gasteiger partial charge >= 0.3 is 0 Å². The van der Waals surface area contributed by atoms with Gasteiger partial charge in [-0.2, -0.15) is 0 Å². The molecule has 5 heteroatoms. The van der Waals surface area contributed by atoms with Crippen LogP contribution in [0.4, 0.5) is 4.39 Å². The van der Waals surface area contributed by atoms with E-state index in [9.17, 15) is 9.18 Å². The van der Waals surface area contributed by atoms with Crippen molar-refractivity contribution in [3.05, 3.63) is 58.9 Å². The van der Waals surface area contributed by atoms with Crippen molar-refractivity contribution in [2.75, 3.05) is 0 Å². The summed E-state index contributed by atoms with van der Waals surface area (Å²) in [6.07, 6.45) is 5.79. The number of halogens is 1. The fourth-order valence-electron chi connectivity index (χ4n) is 3.60. The molecule has 130 valence electrons. The molecule has 1 aliphatic carbocycles. The summed E-state index contributed by atoms with van der Waals surface area (Å²) in [6.45, 7) is 0.567. The summed E-state index contributed by atoms with van der Waals surface area (Å²) in [6, 6.07) is 10.8. The molecule has 1 amide bonds. The summed E-state index contributed by atoms with van der Waals surface area (Å²) in [5.41, 5.74) is 1.68. The number of fused-ring (bicyclic) bond motifs is 1. The van der Waals surface area contributed by atoms with Crippen LogP contribution in [-0.2, 0) is 6.54 Å². The first-order chi connectivity index (χ1) is 12.2. The highest BCUT2D eigenvalue weighted by Gasteiger charge is 2.21. The minimum atomic E-state index is -0.243. The number of benzene rings is 1. The summed E-state index contributed by atoms with van der Waals surface area (Å²) in [5, 5.41) is 6.33. The van der Waals surface area contributed by atoms with Gasteiger partial charge in [-0.1, -0.05) is 31.4 Å². The summed E-state index contributed by atoms with van der Waals surface area (Å²) < 4.78 is 15.2. The lowest BCUT2D eigenvalue weighted by Crippen LogP contribution is -2.37. The van der Waals surface area contributed by atoms with Crippen molar-refractivity contribution in [2.24, 2.45) is 0 Å². The molecule has 3 aromatic rings. The second-order valence-corrected chi connectivity index (χ2v) is 7.63. The minimum absolute atomic E-state index is 0.00240. The van der Waals surface area contributed by atoms with E-state index in [1.165, 1.54) is 31.4 Å². The van der Waals surface area contributed by atoms with Crippen molar-refractivity contribution in [1.82, 2.24) is 9.88 Å². The van der Waals surface area contributed by atoms with E-state index in [1.807, 2.05) is 22.1 Å². The molecule has 1 saturated carbocycles. The van der Waals surface area contributed by atoms with Crippen molar-refractivity contribution in [2.45, 2.75) is 44.7 Å². The van der Waals surface area contributed by atoms with E-state index >= 15 is 0 Å². The average Bonchev–Trinajstić information content (AvgIpc) is 3.20. The fraction of sp³-hybridized carbons (Fsp3) is 0.350. The van der Waals surface area contributed by atoms with Crippen LogP contribution >= 0.6 is 11.3 Å². The maximum atomic E-state index is 13.2. The second-order valence-electron chi connectivity index (χ2n) is 6.73. The molecule has 1 aliphatic rings. The molecule has 0 aliphatic heterocycles. The molecule has 0 saturated heterocycles. The lowest BCUT2D eigenvalue weighted by atomic mass is 9.95. The van der Waals surface area contributed by atoms with Crippen molar-refractivity contribution in [3.63, 3.8) is 0 Å². The first-order valence-corrected chi connectivity index (χ1v) is 9.71. The lowest BCUT2D eigenvalue weighted by molar-refractivity contribution is 0.0919. The molecular formula is C20H21FN2OS. The first kappa shape index (κ1) is 16.3. The summed E-state index contributed by atoms with van der Waals surface area (Å²) in [7, 11) is 0. The van der Waals surface area contributed by atoms with Crippen LogP contribution in [0.2, 0.25) is 0 Å². The molecule has 2 aromatic heterocycles. The van der Waals surface area contributed by atoms with Gasteiger partial charge in [0.25, 0.3) is 5.91 Å². The fourth-order valence-corrected chi connectivity index (χ4v) is 4.50. The molecule has 3 nitrogen and oxygen atoms in total. The highest BCUT2D eigenvalue weighted by Crippen LogP contribution is 2.27. The number of aromatic nitrogens is 1. The van der Waals surface area contributed by atoms with Gasteiger partial charge in [0.1, 0.15) is 16.3 Å². The number of carbonyl (C=O) groups excluding carboxylic acids is 1. The van der Waals surface area contributed by atoms with Crippen LogP contribution in [0, 0.1) is 5.82 Å². The van der Waals surface area contributed by atoms with Gasteiger partial charge in [-0.3, -0.25) is 4.79 Å². The number of hydrogen-bond acceptors (Lipinski definition) is 2. The Bertz CT molecular complexity index is 875. The van der Waals surface area contributed by atoms with Crippen LogP contribution in [0.15, 0.2) is 41.8 Å². The van der Waals surface area contributed by atoms with Crippen LogP contribution in [0.1, 0.15) is 48.2 Å². The number of nitrogens with one attached hydrogen (secondary N) is 1. The van der Waals surface area contributed by atoms with E-state index in [-0.39, 0.29) is 17.8 Å². The molecule has 1 fully saturated rings. The van der Waals surface area contributed by atoms with E-state index < -0.39 is 0 Å². The van der Waals surface area contributed by atoms with Crippen molar-refractivity contribution in [3.8, 4) is 0 Å². The van der Waals surface area contributed by atoms with Gasteiger partial charge in [-0.15, -0.1) is 11.3 Å². The monoisotopic (exact) mass is 356 g/mol. The molecule has 4 rings (SSSR count). The largest absolute Gasteiger partial charge is 0.348 e. The van der Waals surface area contributed by atoms with Crippen LogP contribution in [0.25, 0.3) is 10.2 Å². The van der Waals surface area contributed by atoms with Crippen LogP contribution in [0.5, 0.6) is 0 Å². The topological polar surface area (TPSA) is 34.0 Å². The Morgan fingerprint density at radius 2 is 1.92 bits per heavy atom. The smallest absolute Gasteiger partial charge is 0.268 e. The maximum absolute atomic E-state index is 13.2. The Labute approximate surface area is 150 Å². The maximum Gasteiger partial charge on any atom is 0.268 e. The average molecular weight is 356 g/mol. The molecule has 1 N–H and O–H groups in total. The van der Waals surface area contributed by atoms with Gasteiger partial charge in [0.15, 0.2) is 0 Å². The first-order valence-electron chi connectivity index (χ1n) is 8.83. The predicted molar refractivity (Wildman–Crippen MR) is 99.7 cm³/mol. The Hall–Kier alpha value is -2.14. The van der Waals surface area contributed by atoms with Crippen molar-refractivity contribution < 1.29 is 9.18 Å². The highest BCUT2D eigenvalue weighted by molar-refractivity contribution is 7.16. The normalized spacial score (nSPS) is 15.6. The number of carbonyl (C=O) groups is 1. The van der Waals surface area contributed by atoms with E-state index in [4.69, 9.17) is 0 Å². The number of thiophene rings is 1. The second kappa shape index (κ2) is 7.00. The molecule has 0 spiro atoms. The van der Waals surface area contributed by atoms with Crippen molar-refractivity contribution >= 4 is 27.5 Å². The van der Waals surface area contributed by atoms with Gasteiger partial charge in [-0.25, -0.2) is 4.39 Å². The standard InChI is InChI=1S/C20H21FN2OS/c21-16-8-6-14(7-9-16)13-23-18(12-15-10-11-25-20(15)23)19(24)22-17-4-2-1-3-5-17/h6-12,17H,1-5,13H2,(H,22,24). The predicted octanol–water partition coefficient (Wildman–Crippen LogP) is 4.95. The Balaban J connectivity index is 1.62. The zero-order valence-electron chi connectivity index (χ0n) is 14.0. The Morgan fingerprint density at radius 1 is 1.16 bits per heavy atom. The number of hydrogen-bond donors (Lipinski definition) is 1. The number of rotatable bonds is 4. The zero-order valence-corrected chi connectivity index (χ0v) is 14.8. The van der Waals surface area contributed by atoms with Crippen LogP contribution in [0.3, 0.4) is 0 Å². The van der Waals surface area contributed by atoms with E-state index in [1.54, 1.807) is 23.5 Å². The van der Waals surface area contributed by atoms with Gasteiger partial charge in [0.2, 0.25) is 0 Å². The van der Waals surface area contributed by atoms with Crippen molar-refractivity contribution in [1.29, 1.82) is 0 Å². The third-order valence-electron chi connectivity index (χ3n) is 4.93. The molecule has 0 bridgehead atoms. The van der Waals surface area contributed by atoms with E-state index in [2.05, 4.69) is 5.32 Å². The molecule has 2 heterocycles. The highest BCUT2D eigenvalue weighted by atomic mass is 32.1. The quantitative estimate of drug-likeness (QED) is 0.705. The van der Waals surface area contributed by atoms with Crippen LogP contribution in [-0.4, -0.2) is 16.5 Å². The lowest BCUT2D eigenvalue weighted by Gasteiger charge is -2.23. The van der Waals surface area contributed by atoms with Gasteiger partial charge < -0.3 is 9.88 Å². The molecule has 0 unspecified atom stereocenters. The zero-order chi connectivity index (χ0) is 17.2. The summed E-state index contributed by atoms with van der Waals surface area (Å²) in [5.74, 6) is -0.245. The molecule has 0 radical (unpaired) electrons. The van der Waals surface area contributed by atoms with Gasteiger partial charge in [0.05, 0.1) is 0 Å². The molecule has 1 aromatic carbocycles. The summed E-state index contributed by atoms with van der Waals surface area (Å²) in [4.78, 5) is 13.9. The van der Waals surface area contributed by atoms with Gasteiger partial charge in [0, 0.05) is 18.0 Å². The Kier molecular flexibility index (Phi) is 4.57. The number of amides is 1. The molecule has 25 heavy (non-hydrogen) atoms. The molecule has 0 atom stereocenters. The van der Waals surface area contributed by atoms with E-state index in [0.29, 0.717) is 12.2 Å². The van der Waals surface area contributed by atoms with E-state index in [0.717, 1.165) is 28.6 Å². The number of nitrogens with zero attached hydrogens (tertiary/aromatic N) is 1.